The van der Waals surface area contributed by atoms with E-state index in [0.717, 1.165) is 6.07 Å². The Balaban J connectivity index is 2.27. The highest BCUT2D eigenvalue weighted by Gasteiger charge is 2.22. The Morgan fingerprint density at radius 1 is 1.38 bits per heavy atom. The molecule has 1 fully saturated rings. The summed E-state index contributed by atoms with van der Waals surface area (Å²) in [6.07, 6.45) is 1.03. The van der Waals surface area contributed by atoms with Crippen molar-refractivity contribution in [3.63, 3.8) is 0 Å². The van der Waals surface area contributed by atoms with E-state index in [1.165, 1.54) is 6.07 Å². The number of carbonyl (C=O) groups is 1. The van der Waals surface area contributed by atoms with Crippen LogP contribution < -0.4 is 5.14 Å². The first-order valence-corrected chi connectivity index (χ1v) is 8.33. The monoisotopic (exact) mass is 333 g/mol. The van der Waals surface area contributed by atoms with E-state index in [9.17, 15) is 13.2 Å². The summed E-state index contributed by atoms with van der Waals surface area (Å²) in [4.78, 5) is 11.8. The fourth-order valence-corrected chi connectivity index (χ4v) is 3.21. The van der Waals surface area contributed by atoms with Crippen molar-refractivity contribution < 1.29 is 22.7 Å². The highest BCUT2D eigenvalue weighted by molar-refractivity contribution is 7.89. The van der Waals surface area contributed by atoms with Gasteiger partial charge in [-0.3, -0.25) is 0 Å². The van der Waals surface area contributed by atoms with Gasteiger partial charge in [-0.15, -0.1) is 0 Å². The summed E-state index contributed by atoms with van der Waals surface area (Å²) in [5.74, 6) is -0.591. The van der Waals surface area contributed by atoms with Crippen molar-refractivity contribution in [1.29, 1.82) is 0 Å². The number of rotatable bonds is 3. The maximum atomic E-state index is 12.1. The topological polar surface area (TPSA) is 95.7 Å². The Kier molecular flexibility index (Phi) is 4.88. The lowest BCUT2D eigenvalue weighted by atomic mass is 10.1. The van der Waals surface area contributed by atoms with E-state index in [-0.39, 0.29) is 21.6 Å². The van der Waals surface area contributed by atoms with Crippen LogP contribution in [0.25, 0.3) is 0 Å². The molecule has 0 bridgehead atoms. The number of hydrogen-bond acceptors (Lipinski definition) is 5. The largest absolute Gasteiger partial charge is 0.459 e. The van der Waals surface area contributed by atoms with Crippen molar-refractivity contribution >= 4 is 27.6 Å². The lowest BCUT2D eigenvalue weighted by molar-refractivity contribution is -0.0159. The number of nitrogens with two attached hydrogens (primary N) is 1. The number of carbonyl (C=O) groups excluding carboxylic acids is 1. The maximum Gasteiger partial charge on any atom is 0.338 e. The molecule has 0 atom stereocenters. The van der Waals surface area contributed by atoms with Gasteiger partial charge in [0.2, 0.25) is 10.0 Å². The minimum atomic E-state index is -4.00. The van der Waals surface area contributed by atoms with Crippen molar-refractivity contribution in [2.45, 2.75) is 30.8 Å². The van der Waals surface area contributed by atoms with Crippen LogP contribution >= 0.6 is 11.6 Å². The molecule has 6 nitrogen and oxygen atoms in total. The van der Waals surface area contributed by atoms with E-state index in [1.54, 1.807) is 6.92 Å². The number of aryl methyl sites for hydroxylation is 1. The van der Waals surface area contributed by atoms with Crippen LogP contribution in [0.1, 0.15) is 28.8 Å². The average molecular weight is 334 g/mol. The van der Waals surface area contributed by atoms with Gasteiger partial charge in [-0.1, -0.05) is 11.6 Å². The number of sulfonamides is 1. The molecule has 8 heteroatoms. The number of esters is 1. The molecule has 1 heterocycles. The standard InChI is InChI=1S/C13H16ClNO5S/c1-8-6-9(7-11(12(8)14)21(15,17)18)13(16)20-10-2-4-19-5-3-10/h6-7,10H,2-5H2,1H3,(H2,15,17,18). The van der Waals surface area contributed by atoms with Crippen molar-refractivity contribution in [2.75, 3.05) is 13.2 Å². The van der Waals surface area contributed by atoms with Gasteiger partial charge in [-0.2, -0.15) is 0 Å². The van der Waals surface area contributed by atoms with Crippen LogP contribution in [-0.4, -0.2) is 33.7 Å². The summed E-state index contributed by atoms with van der Waals surface area (Å²) >= 11 is 5.92. The molecule has 1 saturated heterocycles. The first-order chi connectivity index (χ1) is 9.79. The lowest BCUT2D eigenvalue weighted by Crippen LogP contribution is -2.26. The zero-order valence-electron chi connectivity index (χ0n) is 11.5. The van der Waals surface area contributed by atoms with Crippen molar-refractivity contribution in [3.8, 4) is 0 Å². The van der Waals surface area contributed by atoms with E-state index >= 15 is 0 Å². The summed E-state index contributed by atoms with van der Waals surface area (Å²) in [7, 11) is -4.00. The molecule has 2 N–H and O–H groups in total. The molecular formula is C13H16ClNO5S. The molecule has 0 saturated carbocycles. The Morgan fingerprint density at radius 2 is 2.00 bits per heavy atom. The maximum absolute atomic E-state index is 12.1. The predicted molar refractivity (Wildman–Crippen MR) is 76.8 cm³/mol. The summed E-state index contributed by atoms with van der Waals surface area (Å²) < 4.78 is 33.5. The highest BCUT2D eigenvalue weighted by Crippen LogP contribution is 2.26. The molecule has 0 unspecified atom stereocenters. The molecule has 1 aliphatic heterocycles. The molecule has 21 heavy (non-hydrogen) atoms. The van der Waals surface area contributed by atoms with Crippen molar-refractivity contribution in [3.05, 3.63) is 28.3 Å². The number of ether oxygens (including phenoxy) is 2. The highest BCUT2D eigenvalue weighted by atomic mass is 35.5. The molecular weight excluding hydrogens is 318 g/mol. The fraction of sp³-hybridized carbons (Fsp3) is 0.462. The van der Waals surface area contributed by atoms with Gasteiger partial charge in [-0.05, 0) is 24.6 Å². The Bertz CT molecular complexity index is 653. The molecule has 1 aromatic rings. The Morgan fingerprint density at radius 3 is 2.57 bits per heavy atom. The zero-order chi connectivity index (χ0) is 15.6. The molecule has 0 aromatic heterocycles. The van der Waals surface area contributed by atoms with Gasteiger partial charge in [-0.25, -0.2) is 18.4 Å². The van der Waals surface area contributed by atoms with E-state index < -0.39 is 16.0 Å². The third-order valence-corrected chi connectivity index (χ3v) is 4.75. The average Bonchev–Trinajstić information content (AvgIpc) is 2.41. The van der Waals surface area contributed by atoms with Gasteiger partial charge in [0, 0.05) is 12.8 Å². The third-order valence-electron chi connectivity index (χ3n) is 3.21. The van der Waals surface area contributed by atoms with Crippen LogP contribution in [0.5, 0.6) is 0 Å². The second-order valence-electron chi connectivity index (χ2n) is 4.87. The van der Waals surface area contributed by atoms with Gasteiger partial charge in [0.1, 0.15) is 11.0 Å². The Labute approximate surface area is 128 Å². The number of benzene rings is 1. The molecule has 116 valence electrons. The van der Waals surface area contributed by atoms with Gasteiger partial charge in [0.05, 0.1) is 23.8 Å². The summed E-state index contributed by atoms with van der Waals surface area (Å²) in [5, 5.41) is 5.11. The minimum Gasteiger partial charge on any atom is -0.459 e. The smallest absolute Gasteiger partial charge is 0.338 e. The van der Waals surface area contributed by atoms with Crippen molar-refractivity contribution in [1.82, 2.24) is 0 Å². The first kappa shape index (κ1) is 16.2. The third kappa shape index (κ3) is 3.94. The predicted octanol–water partition coefficient (Wildman–Crippen LogP) is 1.63. The van der Waals surface area contributed by atoms with Crippen LogP contribution in [0, 0.1) is 6.92 Å². The second-order valence-corrected chi connectivity index (χ2v) is 6.78. The van der Waals surface area contributed by atoms with Gasteiger partial charge in [0.15, 0.2) is 0 Å². The lowest BCUT2D eigenvalue weighted by Gasteiger charge is -2.22. The molecule has 0 radical (unpaired) electrons. The number of primary sulfonamides is 1. The van der Waals surface area contributed by atoms with Crippen LogP contribution in [0.3, 0.4) is 0 Å². The quantitative estimate of drug-likeness (QED) is 0.848. The van der Waals surface area contributed by atoms with E-state index in [2.05, 4.69) is 0 Å². The van der Waals surface area contributed by atoms with Crippen LogP contribution in [-0.2, 0) is 19.5 Å². The summed E-state index contributed by atoms with van der Waals surface area (Å²) in [6.45, 7) is 2.68. The van der Waals surface area contributed by atoms with E-state index in [1.807, 2.05) is 0 Å². The summed E-state index contributed by atoms with van der Waals surface area (Å²) in [6, 6.07) is 2.63. The first-order valence-electron chi connectivity index (χ1n) is 6.40. The Hall–Kier alpha value is -1.15. The normalized spacial score (nSPS) is 16.7. The van der Waals surface area contributed by atoms with Gasteiger partial charge >= 0.3 is 5.97 Å². The molecule has 2 rings (SSSR count). The molecule has 1 aromatic carbocycles. The van der Waals surface area contributed by atoms with Crippen LogP contribution in [0.15, 0.2) is 17.0 Å². The van der Waals surface area contributed by atoms with Crippen LogP contribution in [0.2, 0.25) is 5.02 Å². The van der Waals surface area contributed by atoms with Gasteiger partial charge < -0.3 is 9.47 Å². The molecule has 1 aliphatic rings. The number of halogens is 1. The minimum absolute atomic E-state index is 0.0140. The molecule has 0 amide bonds. The van der Waals surface area contributed by atoms with Crippen LogP contribution in [0.4, 0.5) is 0 Å². The zero-order valence-corrected chi connectivity index (χ0v) is 13.0. The second kappa shape index (κ2) is 6.31. The SMILES string of the molecule is Cc1cc(C(=O)OC2CCOCC2)cc(S(N)(=O)=O)c1Cl. The van der Waals surface area contributed by atoms with E-state index in [0.29, 0.717) is 31.6 Å². The number of hydrogen-bond donors (Lipinski definition) is 1. The fourth-order valence-electron chi connectivity index (χ4n) is 2.08. The van der Waals surface area contributed by atoms with E-state index in [4.69, 9.17) is 26.2 Å². The molecule has 0 spiro atoms. The van der Waals surface area contributed by atoms with Gasteiger partial charge in [0.25, 0.3) is 0 Å². The molecule has 0 aliphatic carbocycles. The van der Waals surface area contributed by atoms with Crippen molar-refractivity contribution in [2.24, 2.45) is 5.14 Å². The summed E-state index contributed by atoms with van der Waals surface area (Å²) in [5.41, 5.74) is 0.564.